The maximum Gasteiger partial charge on any atom is 0.339 e. The van der Waals surface area contributed by atoms with E-state index in [0.29, 0.717) is 0 Å². The molecule has 0 bridgehead atoms. The molecule has 20 heavy (non-hydrogen) atoms. The summed E-state index contributed by atoms with van der Waals surface area (Å²) < 4.78 is 0. The summed E-state index contributed by atoms with van der Waals surface area (Å²) in [5.74, 6) is -2.70. The molecule has 4 N–H and O–H groups in total. The third kappa shape index (κ3) is 2.66. The molecule has 1 aromatic carbocycles. The first-order valence-corrected chi connectivity index (χ1v) is 5.50. The second kappa shape index (κ2) is 5.27. The molecule has 2 rings (SSSR count). The van der Waals surface area contributed by atoms with E-state index in [9.17, 15) is 19.8 Å². The highest BCUT2D eigenvalue weighted by atomic mass is 16.4. The number of carbonyl (C=O) groups excluding carboxylic acids is 1. The Morgan fingerprint density at radius 3 is 2.45 bits per heavy atom. The highest BCUT2D eigenvalue weighted by Crippen LogP contribution is 2.23. The van der Waals surface area contributed by atoms with E-state index in [1.807, 2.05) is 0 Å². The van der Waals surface area contributed by atoms with Crippen molar-refractivity contribution in [3.8, 4) is 11.5 Å². The summed E-state index contributed by atoms with van der Waals surface area (Å²) in [7, 11) is 0. The van der Waals surface area contributed by atoms with Gasteiger partial charge in [0, 0.05) is 18.0 Å². The lowest BCUT2D eigenvalue weighted by Crippen LogP contribution is -2.13. The van der Waals surface area contributed by atoms with E-state index in [4.69, 9.17) is 5.11 Å². The number of carbonyl (C=O) groups is 2. The van der Waals surface area contributed by atoms with Gasteiger partial charge in [0.2, 0.25) is 0 Å². The van der Waals surface area contributed by atoms with Crippen molar-refractivity contribution in [3.63, 3.8) is 0 Å². The van der Waals surface area contributed by atoms with E-state index in [-0.39, 0.29) is 22.7 Å². The minimum atomic E-state index is -1.28. The SMILES string of the molecule is O=C(O)c1ccc(NC(=O)c2ncccc2O)cc1O. The topological polar surface area (TPSA) is 120 Å². The summed E-state index contributed by atoms with van der Waals surface area (Å²) in [6.45, 7) is 0. The molecule has 1 heterocycles. The molecule has 0 saturated carbocycles. The fourth-order valence-electron chi connectivity index (χ4n) is 1.55. The van der Waals surface area contributed by atoms with Crippen LogP contribution in [0, 0.1) is 0 Å². The summed E-state index contributed by atoms with van der Waals surface area (Å²) in [4.78, 5) is 26.3. The zero-order valence-electron chi connectivity index (χ0n) is 10.1. The molecule has 0 aliphatic rings. The number of anilines is 1. The predicted molar refractivity (Wildman–Crippen MR) is 68.9 cm³/mol. The summed E-state index contributed by atoms with van der Waals surface area (Å²) >= 11 is 0. The number of aromatic hydroxyl groups is 2. The smallest absolute Gasteiger partial charge is 0.339 e. The number of benzene rings is 1. The Morgan fingerprint density at radius 2 is 1.85 bits per heavy atom. The standard InChI is InChI=1S/C13H10N2O5/c16-9-2-1-5-14-11(9)12(18)15-7-3-4-8(13(19)20)10(17)6-7/h1-6,16-17H,(H,15,18)(H,19,20). The molecule has 0 aliphatic heterocycles. The normalized spacial score (nSPS) is 10.0. The van der Waals surface area contributed by atoms with E-state index in [2.05, 4.69) is 10.3 Å². The molecule has 2 aromatic rings. The van der Waals surface area contributed by atoms with Crippen LogP contribution in [-0.2, 0) is 0 Å². The first kappa shape index (κ1) is 13.3. The van der Waals surface area contributed by atoms with Crippen LogP contribution in [0.15, 0.2) is 36.5 Å². The lowest BCUT2D eigenvalue weighted by molar-refractivity contribution is 0.0693. The van der Waals surface area contributed by atoms with Crippen molar-refractivity contribution < 1.29 is 24.9 Å². The number of nitrogens with one attached hydrogen (secondary N) is 1. The molecule has 0 saturated heterocycles. The van der Waals surface area contributed by atoms with Crippen LogP contribution < -0.4 is 5.32 Å². The van der Waals surface area contributed by atoms with Gasteiger partial charge in [-0.15, -0.1) is 0 Å². The average Bonchev–Trinajstić information content (AvgIpc) is 2.38. The van der Waals surface area contributed by atoms with E-state index < -0.39 is 17.6 Å². The number of hydrogen-bond acceptors (Lipinski definition) is 5. The number of nitrogens with zero attached hydrogens (tertiary/aromatic N) is 1. The number of carboxylic acids is 1. The van der Waals surface area contributed by atoms with Gasteiger partial charge in [-0.1, -0.05) is 0 Å². The van der Waals surface area contributed by atoms with Crippen LogP contribution in [-0.4, -0.2) is 32.2 Å². The van der Waals surface area contributed by atoms with Crippen molar-refractivity contribution in [2.45, 2.75) is 0 Å². The van der Waals surface area contributed by atoms with Gasteiger partial charge in [0.05, 0.1) is 0 Å². The molecule has 0 aliphatic carbocycles. The Hall–Kier alpha value is -3.09. The maximum atomic E-state index is 11.8. The maximum absolute atomic E-state index is 11.8. The third-order valence-electron chi connectivity index (χ3n) is 2.49. The fraction of sp³-hybridized carbons (Fsp3) is 0. The summed E-state index contributed by atoms with van der Waals surface area (Å²) in [5.41, 5.74) is -0.263. The van der Waals surface area contributed by atoms with Crippen LogP contribution in [0.3, 0.4) is 0 Å². The van der Waals surface area contributed by atoms with E-state index in [1.54, 1.807) is 0 Å². The summed E-state index contributed by atoms with van der Waals surface area (Å²) in [5, 5.41) is 30.1. The van der Waals surface area contributed by atoms with Crippen LogP contribution in [0.25, 0.3) is 0 Å². The monoisotopic (exact) mass is 274 g/mol. The van der Waals surface area contributed by atoms with Gasteiger partial charge in [-0.3, -0.25) is 4.79 Å². The Bertz CT molecular complexity index is 684. The Morgan fingerprint density at radius 1 is 1.10 bits per heavy atom. The fourth-order valence-corrected chi connectivity index (χ4v) is 1.55. The van der Waals surface area contributed by atoms with Crippen LogP contribution >= 0.6 is 0 Å². The van der Waals surface area contributed by atoms with Crippen molar-refractivity contribution >= 4 is 17.6 Å². The Kier molecular flexibility index (Phi) is 3.52. The number of carboxylic acid groups (broad SMARTS) is 1. The van der Waals surface area contributed by atoms with Gasteiger partial charge in [0.15, 0.2) is 5.69 Å². The van der Waals surface area contributed by atoms with Crippen molar-refractivity contribution in [3.05, 3.63) is 47.8 Å². The first-order valence-electron chi connectivity index (χ1n) is 5.50. The lowest BCUT2D eigenvalue weighted by Gasteiger charge is -2.07. The van der Waals surface area contributed by atoms with Crippen molar-refractivity contribution in [1.82, 2.24) is 4.98 Å². The highest BCUT2D eigenvalue weighted by molar-refractivity contribution is 6.05. The minimum absolute atomic E-state index is 0.172. The van der Waals surface area contributed by atoms with Crippen molar-refractivity contribution in [2.24, 2.45) is 0 Å². The molecular weight excluding hydrogens is 264 g/mol. The van der Waals surface area contributed by atoms with Crippen LogP contribution in [0.2, 0.25) is 0 Å². The molecule has 0 spiro atoms. The van der Waals surface area contributed by atoms with Gasteiger partial charge < -0.3 is 20.6 Å². The Balaban J connectivity index is 2.23. The molecule has 1 amide bonds. The molecule has 7 heteroatoms. The Labute approximate surface area is 113 Å². The third-order valence-corrected chi connectivity index (χ3v) is 2.49. The van der Waals surface area contributed by atoms with E-state index in [0.717, 1.165) is 12.1 Å². The largest absolute Gasteiger partial charge is 0.507 e. The molecular formula is C13H10N2O5. The van der Waals surface area contributed by atoms with Crippen LogP contribution in [0.5, 0.6) is 11.5 Å². The molecule has 1 aromatic heterocycles. The second-order valence-corrected chi connectivity index (χ2v) is 3.86. The first-order chi connectivity index (χ1) is 9.49. The van der Waals surface area contributed by atoms with Gasteiger partial charge in [0.1, 0.15) is 17.1 Å². The number of rotatable bonds is 3. The number of amides is 1. The lowest BCUT2D eigenvalue weighted by atomic mass is 10.2. The van der Waals surface area contributed by atoms with E-state index >= 15 is 0 Å². The van der Waals surface area contributed by atoms with Gasteiger partial charge in [-0.25, -0.2) is 9.78 Å². The van der Waals surface area contributed by atoms with Crippen LogP contribution in [0.4, 0.5) is 5.69 Å². The molecule has 0 radical (unpaired) electrons. The van der Waals surface area contributed by atoms with Crippen molar-refractivity contribution in [1.29, 1.82) is 0 Å². The molecule has 7 nitrogen and oxygen atoms in total. The number of pyridine rings is 1. The number of phenols is 1. The zero-order valence-corrected chi connectivity index (χ0v) is 10.1. The molecule has 102 valence electrons. The van der Waals surface area contributed by atoms with Gasteiger partial charge in [-0.2, -0.15) is 0 Å². The number of hydrogen-bond donors (Lipinski definition) is 4. The zero-order chi connectivity index (χ0) is 14.7. The van der Waals surface area contributed by atoms with Gasteiger partial charge in [-0.05, 0) is 24.3 Å². The number of aromatic carboxylic acids is 1. The minimum Gasteiger partial charge on any atom is -0.507 e. The van der Waals surface area contributed by atoms with Gasteiger partial charge >= 0.3 is 5.97 Å². The van der Waals surface area contributed by atoms with Crippen LogP contribution in [0.1, 0.15) is 20.8 Å². The quantitative estimate of drug-likeness (QED) is 0.672. The predicted octanol–water partition coefficient (Wildman–Crippen LogP) is 1.44. The number of aromatic nitrogens is 1. The molecule has 0 unspecified atom stereocenters. The van der Waals surface area contributed by atoms with Crippen molar-refractivity contribution in [2.75, 3.05) is 5.32 Å². The highest BCUT2D eigenvalue weighted by Gasteiger charge is 2.14. The van der Waals surface area contributed by atoms with Gasteiger partial charge in [0.25, 0.3) is 5.91 Å². The summed E-state index contributed by atoms with van der Waals surface area (Å²) in [6.07, 6.45) is 1.35. The summed E-state index contributed by atoms with van der Waals surface area (Å²) in [6, 6.07) is 6.36. The molecule has 0 fully saturated rings. The molecule has 0 atom stereocenters. The average molecular weight is 274 g/mol. The second-order valence-electron chi connectivity index (χ2n) is 3.86. The van der Waals surface area contributed by atoms with E-state index in [1.165, 1.54) is 24.4 Å².